The van der Waals surface area contributed by atoms with Crippen LogP contribution in [0.3, 0.4) is 0 Å². The zero-order valence-corrected chi connectivity index (χ0v) is 14.7. The molecule has 0 amide bonds. The van der Waals surface area contributed by atoms with Crippen LogP contribution >= 0.6 is 0 Å². The number of anilines is 2. The molecule has 130 valence electrons. The summed E-state index contributed by atoms with van der Waals surface area (Å²) < 4.78 is 11.9. The summed E-state index contributed by atoms with van der Waals surface area (Å²) in [5.41, 5.74) is 5.86. The van der Waals surface area contributed by atoms with Crippen molar-refractivity contribution in [1.29, 1.82) is 0 Å². The summed E-state index contributed by atoms with van der Waals surface area (Å²) >= 11 is 0. The molecule has 0 bridgehead atoms. The summed E-state index contributed by atoms with van der Waals surface area (Å²) in [4.78, 5) is 0. The first-order chi connectivity index (χ1) is 13.3. The zero-order chi connectivity index (χ0) is 17.8. The maximum atomic E-state index is 5.96. The Labute approximate surface area is 155 Å². The van der Waals surface area contributed by atoms with Crippen LogP contribution in [0.2, 0.25) is 0 Å². The van der Waals surface area contributed by atoms with Crippen LogP contribution < -0.4 is 16.0 Å². The Morgan fingerprint density at radius 3 is 2.22 bits per heavy atom. The molecule has 0 unspecified atom stereocenters. The molecule has 0 saturated carbocycles. The highest BCUT2D eigenvalue weighted by molar-refractivity contribution is 6.06. The van der Waals surface area contributed by atoms with Gasteiger partial charge in [0.15, 0.2) is 0 Å². The fourth-order valence-corrected chi connectivity index (χ4v) is 3.99. The average Bonchev–Trinajstić information content (AvgIpc) is 3.26. The Hall–Kier alpha value is -3.46. The molecule has 5 aromatic rings. The maximum absolute atomic E-state index is 5.96. The van der Waals surface area contributed by atoms with E-state index in [-0.39, 0.29) is 0 Å². The third kappa shape index (κ3) is 2.28. The number of rotatable bonds is 2. The van der Waals surface area contributed by atoms with E-state index >= 15 is 0 Å². The van der Waals surface area contributed by atoms with E-state index in [1.807, 2.05) is 30.3 Å². The van der Waals surface area contributed by atoms with Gasteiger partial charge in [0.1, 0.15) is 22.2 Å². The van der Waals surface area contributed by atoms with E-state index in [4.69, 9.17) is 8.83 Å². The minimum atomic E-state index is 0.909. The SMILES string of the molecule is C1=c2oc3ccc(Nc4ccc5oc6ccccc6c5c4)cc3c2=CCC1. The molecule has 0 spiro atoms. The third-order valence-electron chi connectivity index (χ3n) is 5.27. The standard InChI is InChI=1S/C24H17NO2/c1-3-7-21-17(5-1)19-13-15(9-11-23(19)26-21)25-16-10-12-24-20(14-16)18-6-2-4-8-22(18)27-24/h1,3,5-14,25H,2,4H2. The van der Waals surface area contributed by atoms with Crippen molar-refractivity contribution in [2.75, 3.05) is 5.32 Å². The van der Waals surface area contributed by atoms with Gasteiger partial charge in [0.25, 0.3) is 0 Å². The number of fused-ring (bicyclic) bond motifs is 6. The van der Waals surface area contributed by atoms with Crippen molar-refractivity contribution in [2.24, 2.45) is 0 Å². The fraction of sp³-hybridized carbons (Fsp3) is 0.0833. The molecule has 3 aromatic carbocycles. The normalized spacial score (nSPS) is 13.5. The Morgan fingerprint density at radius 1 is 0.630 bits per heavy atom. The smallest absolute Gasteiger partial charge is 0.135 e. The highest BCUT2D eigenvalue weighted by atomic mass is 16.3. The largest absolute Gasteiger partial charge is 0.456 e. The van der Waals surface area contributed by atoms with Gasteiger partial charge in [-0.25, -0.2) is 0 Å². The van der Waals surface area contributed by atoms with Gasteiger partial charge in [0, 0.05) is 32.8 Å². The van der Waals surface area contributed by atoms with Crippen molar-refractivity contribution < 1.29 is 8.83 Å². The van der Waals surface area contributed by atoms with Crippen LogP contribution in [0.4, 0.5) is 11.4 Å². The quantitative estimate of drug-likeness (QED) is 0.461. The lowest BCUT2D eigenvalue weighted by molar-refractivity contribution is 0.572. The summed E-state index contributed by atoms with van der Waals surface area (Å²) in [6, 6.07) is 20.7. The first-order valence-corrected chi connectivity index (χ1v) is 9.26. The number of hydrogen-bond donors (Lipinski definition) is 1. The van der Waals surface area contributed by atoms with E-state index in [9.17, 15) is 0 Å². The molecule has 2 aromatic heterocycles. The van der Waals surface area contributed by atoms with E-state index < -0.39 is 0 Å². The number of para-hydroxylation sites is 1. The summed E-state index contributed by atoms with van der Waals surface area (Å²) in [5.74, 6) is 0. The Kier molecular flexibility index (Phi) is 3.00. The second-order valence-corrected chi connectivity index (χ2v) is 7.01. The molecule has 6 rings (SSSR count). The first kappa shape index (κ1) is 14.7. The number of hydrogen-bond acceptors (Lipinski definition) is 3. The second kappa shape index (κ2) is 5.52. The van der Waals surface area contributed by atoms with Crippen LogP contribution in [-0.4, -0.2) is 0 Å². The van der Waals surface area contributed by atoms with Crippen LogP contribution in [0.25, 0.3) is 45.1 Å². The van der Waals surface area contributed by atoms with Crippen LogP contribution in [0.15, 0.2) is 69.5 Å². The number of benzene rings is 3. The molecule has 1 N–H and O–H groups in total. The topological polar surface area (TPSA) is 38.3 Å². The first-order valence-electron chi connectivity index (χ1n) is 9.26. The van der Waals surface area contributed by atoms with Gasteiger partial charge < -0.3 is 14.2 Å². The molecule has 1 aliphatic rings. The molecule has 1 aliphatic carbocycles. The van der Waals surface area contributed by atoms with Crippen molar-refractivity contribution in [3.63, 3.8) is 0 Å². The van der Waals surface area contributed by atoms with E-state index in [0.717, 1.165) is 57.2 Å². The predicted octanol–water partition coefficient (Wildman–Crippen LogP) is 5.43. The summed E-state index contributed by atoms with van der Waals surface area (Å²) in [6.45, 7) is 0. The van der Waals surface area contributed by atoms with Gasteiger partial charge in [-0.1, -0.05) is 24.3 Å². The van der Waals surface area contributed by atoms with Gasteiger partial charge in [0.05, 0.1) is 0 Å². The molecule has 0 saturated heterocycles. The Balaban J connectivity index is 1.46. The highest BCUT2D eigenvalue weighted by Crippen LogP contribution is 2.31. The molecule has 0 radical (unpaired) electrons. The molecular formula is C24H17NO2. The lowest BCUT2D eigenvalue weighted by Crippen LogP contribution is -2.22. The lowest BCUT2D eigenvalue weighted by atomic mass is 10.1. The van der Waals surface area contributed by atoms with E-state index in [2.05, 4.69) is 47.8 Å². The van der Waals surface area contributed by atoms with Gasteiger partial charge in [-0.15, -0.1) is 0 Å². The van der Waals surface area contributed by atoms with Gasteiger partial charge in [-0.3, -0.25) is 0 Å². The summed E-state index contributed by atoms with van der Waals surface area (Å²) in [6.07, 6.45) is 6.58. The molecule has 2 heterocycles. The average molecular weight is 351 g/mol. The van der Waals surface area contributed by atoms with Gasteiger partial charge in [-0.2, -0.15) is 0 Å². The summed E-state index contributed by atoms with van der Waals surface area (Å²) in [5, 5.41) is 8.18. The number of furan rings is 2. The minimum absolute atomic E-state index is 0.909. The third-order valence-corrected chi connectivity index (χ3v) is 5.27. The van der Waals surface area contributed by atoms with Crippen molar-refractivity contribution in [1.82, 2.24) is 0 Å². The van der Waals surface area contributed by atoms with Crippen molar-refractivity contribution in [3.8, 4) is 0 Å². The monoisotopic (exact) mass is 351 g/mol. The molecule has 0 atom stereocenters. The minimum Gasteiger partial charge on any atom is -0.456 e. The van der Waals surface area contributed by atoms with E-state index in [1.54, 1.807) is 0 Å². The second-order valence-electron chi connectivity index (χ2n) is 7.01. The van der Waals surface area contributed by atoms with Gasteiger partial charge in [0.2, 0.25) is 0 Å². The van der Waals surface area contributed by atoms with Crippen molar-refractivity contribution >= 4 is 56.4 Å². The van der Waals surface area contributed by atoms with E-state index in [1.165, 1.54) is 10.6 Å². The summed E-state index contributed by atoms with van der Waals surface area (Å²) in [7, 11) is 0. The zero-order valence-electron chi connectivity index (χ0n) is 14.7. The van der Waals surface area contributed by atoms with Gasteiger partial charge in [-0.05, 0) is 61.4 Å². The fourth-order valence-electron chi connectivity index (χ4n) is 3.99. The van der Waals surface area contributed by atoms with E-state index in [0.29, 0.717) is 0 Å². The Bertz CT molecular complexity index is 1450. The Morgan fingerprint density at radius 2 is 1.33 bits per heavy atom. The molecule has 3 nitrogen and oxygen atoms in total. The van der Waals surface area contributed by atoms with Crippen LogP contribution in [0.5, 0.6) is 0 Å². The van der Waals surface area contributed by atoms with Crippen LogP contribution in [-0.2, 0) is 0 Å². The number of nitrogens with one attached hydrogen (secondary N) is 1. The molecule has 27 heavy (non-hydrogen) atoms. The molecular weight excluding hydrogens is 334 g/mol. The predicted molar refractivity (Wildman–Crippen MR) is 111 cm³/mol. The van der Waals surface area contributed by atoms with Crippen molar-refractivity contribution in [2.45, 2.75) is 12.8 Å². The van der Waals surface area contributed by atoms with Gasteiger partial charge >= 0.3 is 0 Å². The highest BCUT2D eigenvalue weighted by Gasteiger charge is 2.09. The van der Waals surface area contributed by atoms with Crippen LogP contribution in [0.1, 0.15) is 12.8 Å². The molecule has 0 aliphatic heterocycles. The lowest BCUT2D eigenvalue weighted by Gasteiger charge is -2.06. The molecule has 3 heteroatoms. The van der Waals surface area contributed by atoms with Crippen molar-refractivity contribution in [3.05, 3.63) is 71.3 Å². The molecule has 0 fully saturated rings. The maximum Gasteiger partial charge on any atom is 0.135 e. The van der Waals surface area contributed by atoms with Crippen LogP contribution in [0, 0.1) is 0 Å².